The minimum Gasteiger partial charge on any atom is -0.360 e. The third-order valence-electron chi connectivity index (χ3n) is 2.30. The van der Waals surface area contributed by atoms with Crippen molar-refractivity contribution in [1.82, 2.24) is 14.9 Å². The first kappa shape index (κ1) is 13.5. The van der Waals surface area contributed by atoms with E-state index in [1.807, 2.05) is 0 Å². The van der Waals surface area contributed by atoms with E-state index in [4.69, 9.17) is 10.4 Å². The molecule has 0 saturated heterocycles. The number of sulfonamides is 1. The molecule has 2 rings (SSSR count). The molecule has 0 unspecified atom stereocenters. The topological polar surface area (TPSA) is 123 Å². The summed E-state index contributed by atoms with van der Waals surface area (Å²) in [6.07, 6.45) is 1.35. The van der Waals surface area contributed by atoms with Gasteiger partial charge in [-0.15, -0.1) is 0 Å². The fraction of sp³-hybridized carbons (Fsp3) is 0.200. The Morgan fingerprint density at radius 2 is 2.21 bits per heavy atom. The maximum absolute atomic E-state index is 12.0. The second-order valence-electron chi connectivity index (χ2n) is 3.78. The number of hydrogen-bond donors (Lipinski definition) is 3. The molecule has 2 aromatic heterocycles. The molecule has 102 valence electrons. The van der Waals surface area contributed by atoms with Crippen molar-refractivity contribution in [2.45, 2.75) is 18.4 Å². The highest BCUT2D eigenvalue weighted by Gasteiger charge is 2.15. The number of hydrogen-bond acceptors (Lipinski definition) is 7. The van der Waals surface area contributed by atoms with Crippen molar-refractivity contribution >= 4 is 15.8 Å². The van der Waals surface area contributed by atoms with Crippen molar-refractivity contribution in [2.75, 3.05) is 5.43 Å². The summed E-state index contributed by atoms with van der Waals surface area (Å²) in [6.45, 7) is 1.78. The Balaban J connectivity index is 2.13. The molecule has 8 nitrogen and oxygen atoms in total. The largest absolute Gasteiger partial charge is 0.360 e. The number of rotatable bonds is 5. The molecule has 9 heteroatoms. The quantitative estimate of drug-likeness (QED) is 0.527. The lowest BCUT2D eigenvalue weighted by Gasteiger charge is -2.06. The number of anilines is 1. The van der Waals surface area contributed by atoms with E-state index in [-0.39, 0.29) is 17.3 Å². The van der Waals surface area contributed by atoms with E-state index in [2.05, 4.69) is 20.3 Å². The van der Waals surface area contributed by atoms with Crippen molar-refractivity contribution in [3.8, 4) is 0 Å². The predicted molar refractivity (Wildman–Crippen MR) is 67.3 cm³/mol. The van der Waals surface area contributed by atoms with E-state index in [1.165, 1.54) is 18.3 Å². The lowest BCUT2D eigenvalue weighted by molar-refractivity contribution is 0.377. The SMILES string of the molecule is Cc1cc(CNS(=O)(=O)c2ccnc(NN)c2)on1. The number of nitrogens with zero attached hydrogens (tertiary/aromatic N) is 2. The number of pyridine rings is 1. The van der Waals surface area contributed by atoms with Crippen LogP contribution in [0.3, 0.4) is 0 Å². The second-order valence-corrected chi connectivity index (χ2v) is 5.55. The van der Waals surface area contributed by atoms with E-state index >= 15 is 0 Å². The van der Waals surface area contributed by atoms with Gasteiger partial charge in [0.2, 0.25) is 10.0 Å². The van der Waals surface area contributed by atoms with E-state index in [9.17, 15) is 8.42 Å². The summed E-state index contributed by atoms with van der Waals surface area (Å²) in [6, 6.07) is 4.35. The van der Waals surface area contributed by atoms with Gasteiger partial charge in [-0.3, -0.25) is 0 Å². The van der Waals surface area contributed by atoms with E-state index in [0.29, 0.717) is 11.5 Å². The Bertz CT molecular complexity index is 667. The molecular formula is C10H13N5O3S. The van der Waals surface area contributed by atoms with Crippen LogP contribution in [0.2, 0.25) is 0 Å². The number of aryl methyl sites for hydroxylation is 1. The molecule has 0 aromatic carbocycles. The summed E-state index contributed by atoms with van der Waals surface area (Å²) in [4.78, 5) is 3.90. The molecule has 0 radical (unpaired) electrons. The first-order chi connectivity index (χ1) is 9.01. The van der Waals surface area contributed by atoms with Crippen LogP contribution < -0.4 is 16.0 Å². The molecule has 0 aliphatic heterocycles. The average Bonchev–Trinajstić information content (AvgIpc) is 2.82. The van der Waals surface area contributed by atoms with Gasteiger partial charge in [0.05, 0.1) is 17.1 Å². The Morgan fingerprint density at radius 1 is 1.42 bits per heavy atom. The van der Waals surface area contributed by atoms with Gasteiger partial charge in [-0.2, -0.15) is 0 Å². The molecular weight excluding hydrogens is 270 g/mol. The molecule has 19 heavy (non-hydrogen) atoms. The zero-order valence-corrected chi connectivity index (χ0v) is 10.9. The van der Waals surface area contributed by atoms with E-state index in [0.717, 1.165) is 0 Å². The first-order valence-corrected chi connectivity index (χ1v) is 6.84. The molecule has 0 spiro atoms. The van der Waals surface area contributed by atoms with Crippen LogP contribution in [0, 0.1) is 6.92 Å². The molecule has 0 aliphatic carbocycles. The van der Waals surface area contributed by atoms with Crippen LogP contribution in [0.25, 0.3) is 0 Å². The molecule has 0 saturated carbocycles. The fourth-order valence-corrected chi connectivity index (χ4v) is 2.41. The lowest BCUT2D eigenvalue weighted by Crippen LogP contribution is -2.23. The van der Waals surface area contributed by atoms with Gasteiger partial charge >= 0.3 is 0 Å². The van der Waals surface area contributed by atoms with Crippen molar-refractivity contribution in [2.24, 2.45) is 5.84 Å². The van der Waals surface area contributed by atoms with Gasteiger partial charge in [0, 0.05) is 18.3 Å². The van der Waals surface area contributed by atoms with Crippen LogP contribution in [0.4, 0.5) is 5.82 Å². The third-order valence-corrected chi connectivity index (χ3v) is 3.70. The molecule has 0 aliphatic rings. The first-order valence-electron chi connectivity index (χ1n) is 5.36. The highest BCUT2D eigenvalue weighted by Crippen LogP contribution is 2.12. The highest BCUT2D eigenvalue weighted by atomic mass is 32.2. The Hall–Kier alpha value is -1.97. The third kappa shape index (κ3) is 3.28. The zero-order valence-electron chi connectivity index (χ0n) is 10.1. The minimum atomic E-state index is -3.66. The molecule has 0 fully saturated rings. The number of nitrogens with one attached hydrogen (secondary N) is 2. The van der Waals surface area contributed by atoms with Crippen LogP contribution in [0.5, 0.6) is 0 Å². The molecule has 0 atom stereocenters. The van der Waals surface area contributed by atoms with Gasteiger partial charge in [0.25, 0.3) is 0 Å². The van der Waals surface area contributed by atoms with Crippen LogP contribution in [-0.2, 0) is 16.6 Å². The van der Waals surface area contributed by atoms with Crippen LogP contribution in [0.15, 0.2) is 33.8 Å². The van der Waals surface area contributed by atoms with Crippen molar-refractivity contribution < 1.29 is 12.9 Å². The Morgan fingerprint density at radius 3 is 2.84 bits per heavy atom. The van der Waals surface area contributed by atoms with Crippen LogP contribution >= 0.6 is 0 Å². The summed E-state index contributed by atoms with van der Waals surface area (Å²) in [5.41, 5.74) is 2.97. The highest BCUT2D eigenvalue weighted by molar-refractivity contribution is 7.89. The van der Waals surface area contributed by atoms with Crippen LogP contribution in [-0.4, -0.2) is 18.6 Å². The standard InChI is InChI=1S/C10H13N5O3S/c1-7-4-8(18-15-7)6-13-19(16,17)9-2-3-12-10(5-9)14-11/h2-5,13H,6,11H2,1H3,(H,12,14). The summed E-state index contributed by atoms with van der Waals surface area (Å²) in [7, 11) is -3.66. The van der Waals surface area contributed by atoms with E-state index < -0.39 is 10.0 Å². The predicted octanol–water partition coefficient (Wildman–Crippen LogP) is 0.142. The van der Waals surface area contributed by atoms with Gasteiger partial charge in [0.15, 0.2) is 5.76 Å². The molecule has 4 N–H and O–H groups in total. The maximum Gasteiger partial charge on any atom is 0.241 e. The fourth-order valence-electron chi connectivity index (χ4n) is 1.41. The van der Waals surface area contributed by atoms with Crippen molar-refractivity contribution in [3.05, 3.63) is 35.9 Å². The smallest absolute Gasteiger partial charge is 0.241 e. The monoisotopic (exact) mass is 283 g/mol. The summed E-state index contributed by atoms with van der Waals surface area (Å²) in [5.74, 6) is 5.88. The Labute approximate surface area is 110 Å². The van der Waals surface area contributed by atoms with Gasteiger partial charge in [-0.1, -0.05) is 5.16 Å². The van der Waals surface area contributed by atoms with Crippen molar-refractivity contribution in [1.29, 1.82) is 0 Å². The van der Waals surface area contributed by atoms with Crippen LogP contribution in [0.1, 0.15) is 11.5 Å². The van der Waals surface area contributed by atoms with Crippen molar-refractivity contribution in [3.63, 3.8) is 0 Å². The number of nitrogens with two attached hydrogens (primary N) is 1. The summed E-state index contributed by atoms with van der Waals surface area (Å²) in [5, 5.41) is 3.67. The molecule has 2 heterocycles. The van der Waals surface area contributed by atoms with Gasteiger partial charge in [0.1, 0.15) is 5.82 Å². The maximum atomic E-state index is 12.0. The number of nitrogen functional groups attached to an aromatic ring is 1. The normalized spacial score (nSPS) is 11.5. The average molecular weight is 283 g/mol. The lowest BCUT2D eigenvalue weighted by atomic mass is 10.4. The van der Waals surface area contributed by atoms with Gasteiger partial charge in [-0.25, -0.2) is 24.0 Å². The number of hydrazine groups is 1. The zero-order chi connectivity index (χ0) is 13.9. The molecule has 2 aromatic rings. The number of aromatic nitrogens is 2. The second kappa shape index (κ2) is 5.34. The summed E-state index contributed by atoms with van der Waals surface area (Å²) >= 11 is 0. The minimum absolute atomic E-state index is 0.0247. The Kier molecular flexibility index (Phi) is 3.79. The van der Waals surface area contributed by atoms with Gasteiger partial charge in [-0.05, 0) is 13.0 Å². The van der Waals surface area contributed by atoms with Gasteiger partial charge < -0.3 is 9.95 Å². The molecule has 0 bridgehead atoms. The summed E-state index contributed by atoms with van der Waals surface area (Å²) < 4.78 is 31.3. The molecule has 0 amide bonds. The van der Waals surface area contributed by atoms with E-state index in [1.54, 1.807) is 13.0 Å².